The standard InChI is InChI=1S/C18H18O3/c1-3-13-9-5-7-11-15(13)17(19)21-18(20)16-12-8-6-10-14(16)4-2/h5-12H,3-4H2,1-2H3. The average molecular weight is 282 g/mol. The van der Waals surface area contributed by atoms with Crippen molar-refractivity contribution in [1.29, 1.82) is 0 Å². The zero-order valence-electron chi connectivity index (χ0n) is 12.3. The van der Waals surface area contributed by atoms with Crippen LogP contribution in [0.3, 0.4) is 0 Å². The number of esters is 2. The molecule has 2 aromatic rings. The highest BCUT2D eigenvalue weighted by Gasteiger charge is 2.18. The van der Waals surface area contributed by atoms with E-state index in [0.29, 0.717) is 24.0 Å². The maximum Gasteiger partial charge on any atom is 0.346 e. The molecule has 3 nitrogen and oxygen atoms in total. The third kappa shape index (κ3) is 3.37. The van der Waals surface area contributed by atoms with Gasteiger partial charge >= 0.3 is 11.9 Å². The summed E-state index contributed by atoms with van der Waals surface area (Å²) in [5, 5.41) is 0. The van der Waals surface area contributed by atoms with E-state index in [2.05, 4.69) is 0 Å². The predicted octanol–water partition coefficient (Wildman–Crippen LogP) is 3.81. The molecule has 0 spiro atoms. The highest BCUT2D eigenvalue weighted by atomic mass is 16.6. The van der Waals surface area contributed by atoms with Gasteiger partial charge in [-0.2, -0.15) is 0 Å². The van der Waals surface area contributed by atoms with Crippen LogP contribution in [-0.4, -0.2) is 11.9 Å². The van der Waals surface area contributed by atoms with Crippen LogP contribution < -0.4 is 0 Å². The summed E-state index contributed by atoms with van der Waals surface area (Å²) in [6, 6.07) is 14.3. The van der Waals surface area contributed by atoms with Crippen molar-refractivity contribution in [2.45, 2.75) is 26.7 Å². The van der Waals surface area contributed by atoms with Crippen LogP contribution in [-0.2, 0) is 17.6 Å². The van der Waals surface area contributed by atoms with E-state index in [0.717, 1.165) is 11.1 Å². The van der Waals surface area contributed by atoms with Crippen LogP contribution in [0.4, 0.5) is 0 Å². The Morgan fingerprint density at radius 1 is 0.762 bits per heavy atom. The third-order valence-corrected chi connectivity index (χ3v) is 3.42. The van der Waals surface area contributed by atoms with Crippen molar-refractivity contribution in [3.63, 3.8) is 0 Å². The minimum absolute atomic E-state index is 0.447. The first-order valence-electron chi connectivity index (χ1n) is 7.09. The molecule has 108 valence electrons. The fourth-order valence-corrected chi connectivity index (χ4v) is 2.25. The summed E-state index contributed by atoms with van der Waals surface area (Å²) in [5.74, 6) is -1.19. The molecule has 0 heterocycles. The van der Waals surface area contributed by atoms with Gasteiger partial charge in [-0.15, -0.1) is 0 Å². The molecule has 0 fully saturated rings. The second-order valence-corrected chi connectivity index (χ2v) is 4.70. The fourth-order valence-electron chi connectivity index (χ4n) is 2.25. The average Bonchev–Trinajstić information content (AvgIpc) is 2.54. The number of hydrogen-bond donors (Lipinski definition) is 0. The van der Waals surface area contributed by atoms with Crippen molar-refractivity contribution in [3.8, 4) is 0 Å². The fraction of sp³-hybridized carbons (Fsp3) is 0.222. The molecule has 0 bridgehead atoms. The summed E-state index contributed by atoms with van der Waals surface area (Å²) in [5.41, 5.74) is 2.64. The van der Waals surface area contributed by atoms with Crippen molar-refractivity contribution in [2.24, 2.45) is 0 Å². The lowest BCUT2D eigenvalue weighted by atomic mass is 10.0. The summed E-state index contributed by atoms with van der Waals surface area (Å²) < 4.78 is 5.03. The van der Waals surface area contributed by atoms with Crippen molar-refractivity contribution < 1.29 is 14.3 Å². The van der Waals surface area contributed by atoms with Crippen molar-refractivity contribution in [2.75, 3.05) is 0 Å². The van der Waals surface area contributed by atoms with Gasteiger partial charge in [-0.3, -0.25) is 0 Å². The van der Waals surface area contributed by atoms with E-state index in [1.54, 1.807) is 24.3 Å². The summed E-state index contributed by atoms with van der Waals surface area (Å²) in [7, 11) is 0. The zero-order valence-corrected chi connectivity index (χ0v) is 12.3. The van der Waals surface area contributed by atoms with Gasteiger partial charge in [0, 0.05) is 0 Å². The number of hydrogen-bond acceptors (Lipinski definition) is 3. The monoisotopic (exact) mass is 282 g/mol. The third-order valence-electron chi connectivity index (χ3n) is 3.42. The number of benzene rings is 2. The molecule has 0 aromatic heterocycles. The Bertz CT molecular complexity index is 602. The predicted molar refractivity (Wildman–Crippen MR) is 81.4 cm³/mol. The molecule has 0 saturated heterocycles. The van der Waals surface area contributed by atoms with Crippen LogP contribution in [0.15, 0.2) is 48.5 Å². The molecule has 2 aromatic carbocycles. The topological polar surface area (TPSA) is 43.4 Å². The number of aryl methyl sites for hydroxylation is 2. The maximum absolute atomic E-state index is 12.2. The molecular weight excluding hydrogens is 264 g/mol. The number of carbonyl (C=O) groups is 2. The first-order valence-corrected chi connectivity index (χ1v) is 7.09. The smallest absolute Gasteiger partial charge is 0.346 e. The van der Waals surface area contributed by atoms with Crippen LogP contribution in [0.5, 0.6) is 0 Å². The van der Waals surface area contributed by atoms with Gasteiger partial charge in [-0.25, -0.2) is 9.59 Å². The normalized spacial score (nSPS) is 10.2. The van der Waals surface area contributed by atoms with E-state index in [9.17, 15) is 9.59 Å². The summed E-state index contributed by atoms with van der Waals surface area (Å²) in [4.78, 5) is 24.3. The van der Waals surface area contributed by atoms with E-state index in [-0.39, 0.29) is 0 Å². The lowest BCUT2D eigenvalue weighted by Gasteiger charge is -2.09. The minimum atomic E-state index is -0.594. The van der Waals surface area contributed by atoms with Crippen LogP contribution in [0, 0.1) is 0 Å². The maximum atomic E-state index is 12.2. The lowest BCUT2D eigenvalue weighted by Crippen LogP contribution is -2.15. The Hall–Kier alpha value is -2.42. The first kappa shape index (κ1) is 15.0. The minimum Gasteiger partial charge on any atom is -0.386 e. The van der Waals surface area contributed by atoms with E-state index < -0.39 is 11.9 Å². The largest absolute Gasteiger partial charge is 0.386 e. The quantitative estimate of drug-likeness (QED) is 0.632. The van der Waals surface area contributed by atoms with Crippen LogP contribution >= 0.6 is 0 Å². The molecule has 2 rings (SSSR count). The van der Waals surface area contributed by atoms with E-state index in [1.165, 1.54) is 0 Å². The molecular formula is C18H18O3. The van der Waals surface area contributed by atoms with Crippen molar-refractivity contribution >= 4 is 11.9 Å². The Morgan fingerprint density at radius 3 is 1.52 bits per heavy atom. The number of carbonyl (C=O) groups excluding carboxylic acids is 2. The Balaban J connectivity index is 2.21. The van der Waals surface area contributed by atoms with Crippen LogP contribution in [0.1, 0.15) is 45.7 Å². The molecule has 0 aliphatic heterocycles. The highest BCUT2D eigenvalue weighted by Crippen LogP contribution is 2.15. The molecule has 0 amide bonds. The molecule has 0 aliphatic carbocycles. The molecule has 21 heavy (non-hydrogen) atoms. The summed E-state index contributed by atoms with van der Waals surface area (Å²) in [6.45, 7) is 3.92. The number of ether oxygens (including phenoxy) is 1. The Kier molecular flexibility index (Phi) is 4.88. The summed E-state index contributed by atoms with van der Waals surface area (Å²) >= 11 is 0. The molecule has 0 N–H and O–H groups in total. The summed E-state index contributed by atoms with van der Waals surface area (Å²) in [6.07, 6.45) is 1.43. The van der Waals surface area contributed by atoms with Crippen LogP contribution in [0.2, 0.25) is 0 Å². The van der Waals surface area contributed by atoms with Gasteiger partial charge in [-0.05, 0) is 36.1 Å². The second-order valence-electron chi connectivity index (χ2n) is 4.70. The van der Waals surface area contributed by atoms with E-state index in [4.69, 9.17) is 4.74 Å². The molecule has 0 atom stereocenters. The molecule has 0 saturated carbocycles. The van der Waals surface area contributed by atoms with E-state index in [1.807, 2.05) is 38.1 Å². The highest BCUT2D eigenvalue weighted by molar-refractivity contribution is 6.03. The zero-order chi connectivity index (χ0) is 15.2. The van der Waals surface area contributed by atoms with Crippen molar-refractivity contribution in [1.82, 2.24) is 0 Å². The van der Waals surface area contributed by atoms with Gasteiger partial charge in [-0.1, -0.05) is 50.2 Å². The first-order chi connectivity index (χ1) is 10.2. The Morgan fingerprint density at radius 2 is 1.14 bits per heavy atom. The van der Waals surface area contributed by atoms with Gasteiger partial charge in [0.05, 0.1) is 11.1 Å². The van der Waals surface area contributed by atoms with Gasteiger partial charge in [0.25, 0.3) is 0 Å². The molecule has 3 heteroatoms. The second kappa shape index (κ2) is 6.84. The van der Waals surface area contributed by atoms with Crippen LogP contribution in [0.25, 0.3) is 0 Å². The molecule has 0 unspecified atom stereocenters. The van der Waals surface area contributed by atoms with Gasteiger partial charge in [0.1, 0.15) is 0 Å². The Labute approximate surface area is 124 Å². The van der Waals surface area contributed by atoms with Gasteiger partial charge in [0.15, 0.2) is 0 Å². The van der Waals surface area contributed by atoms with Gasteiger partial charge in [0.2, 0.25) is 0 Å². The number of rotatable bonds is 4. The lowest BCUT2D eigenvalue weighted by molar-refractivity contribution is 0.0396. The SMILES string of the molecule is CCc1ccccc1C(=O)OC(=O)c1ccccc1CC. The van der Waals surface area contributed by atoms with Crippen molar-refractivity contribution in [3.05, 3.63) is 70.8 Å². The molecule has 0 radical (unpaired) electrons. The van der Waals surface area contributed by atoms with E-state index >= 15 is 0 Å². The van der Waals surface area contributed by atoms with Gasteiger partial charge < -0.3 is 4.74 Å². The molecule has 0 aliphatic rings.